The highest BCUT2D eigenvalue weighted by Crippen LogP contribution is 2.13. The van der Waals surface area contributed by atoms with Crippen LogP contribution in [0.25, 0.3) is 0 Å². The number of rotatable bonds is 6. The van der Waals surface area contributed by atoms with Crippen LogP contribution >= 0.6 is 11.6 Å². The Morgan fingerprint density at radius 3 is 2.35 bits per heavy atom. The lowest BCUT2D eigenvalue weighted by atomic mass is 10.1. The molecule has 1 N–H and O–H groups in total. The van der Waals surface area contributed by atoms with Crippen LogP contribution in [0.3, 0.4) is 0 Å². The van der Waals surface area contributed by atoms with E-state index in [1.165, 1.54) is 0 Å². The van der Waals surface area contributed by atoms with Crippen molar-refractivity contribution in [1.29, 1.82) is 0 Å². The summed E-state index contributed by atoms with van der Waals surface area (Å²) in [4.78, 5) is 0. The standard InChI is InChI=1S/C12H18ClNO2S/c1-10(8-13)9-17(15,16)14-11(2)12-6-4-3-5-7-12/h3-7,10-11,14H,8-9H2,1-2H3/t10?,11-/m1/s1. The molecule has 0 fully saturated rings. The van der Waals surface area contributed by atoms with Crippen molar-refractivity contribution in [1.82, 2.24) is 4.72 Å². The van der Waals surface area contributed by atoms with E-state index in [-0.39, 0.29) is 17.7 Å². The minimum atomic E-state index is -3.27. The summed E-state index contributed by atoms with van der Waals surface area (Å²) in [6, 6.07) is 9.27. The minimum absolute atomic E-state index is 0.0443. The Morgan fingerprint density at radius 1 is 1.24 bits per heavy atom. The normalized spacial score (nSPS) is 15.5. The highest BCUT2D eigenvalue weighted by Gasteiger charge is 2.18. The molecule has 0 bridgehead atoms. The van der Waals surface area contributed by atoms with Crippen LogP contribution in [-0.4, -0.2) is 20.1 Å². The average molecular weight is 276 g/mol. The van der Waals surface area contributed by atoms with Crippen LogP contribution in [-0.2, 0) is 10.0 Å². The molecule has 0 aromatic heterocycles. The monoisotopic (exact) mass is 275 g/mol. The van der Waals surface area contributed by atoms with Crippen molar-refractivity contribution in [3.05, 3.63) is 35.9 Å². The summed E-state index contributed by atoms with van der Waals surface area (Å²) in [5.74, 6) is 0.367. The van der Waals surface area contributed by atoms with Crippen LogP contribution in [0.1, 0.15) is 25.5 Å². The summed E-state index contributed by atoms with van der Waals surface area (Å²) in [5.41, 5.74) is 0.953. The second-order valence-corrected chi connectivity index (χ2v) is 6.40. The second-order valence-electron chi connectivity index (χ2n) is 4.29. The highest BCUT2D eigenvalue weighted by atomic mass is 35.5. The third-order valence-corrected chi connectivity index (χ3v) is 4.67. The van der Waals surface area contributed by atoms with Crippen LogP contribution in [0, 0.1) is 5.92 Å². The van der Waals surface area contributed by atoms with Gasteiger partial charge in [0.2, 0.25) is 10.0 Å². The molecule has 0 aliphatic heterocycles. The van der Waals surface area contributed by atoms with Gasteiger partial charge in [-0.05, 0) is 18.4 Å². The van der Waals surface area contributed by atoms with E-state index in [4.69, 9.17) is 11.6 Å². The number of nitrogens with one attached hydrogen (secondary N) is 1. The molecule has 0 spiro atoms. The van der Waals surface area contributed by atoms with Gasteiger partial charge in [0.15, 0.2) is 0 Å². The molecule has 2 atom stereocenters. The maximum absolute atomic E-state index is 11.8. The van der Waals surface area contributed by atoms with Crippen LogP contribution in [0.4, 0.5) is 0 Å². The van der Waals surface area contributed by atoms with Crippen molar-refractivity contribution >= 4 is 21.6 Å². The Kier molecular flexibility index (Phi) is 5.43. The summed E-state index contributed by atoms with van der Waals surface area (Å²) in [6.45, 7) is 3.65. The quantitative estimate of drug-likeness (QED) is 0.811. The first kappa shape index (κ1) is 14.5. The first-order valence-electron chi connectivity index (χ1n) is 5.55. The number of sulfonamides is 1. The van der Waals surface area contributed by atoms with E-state index in [1.807, 2.05) is 44.2 Å². The van der Waals surface area contributed by atoms with Crippen LogP contribution < -0.4 is 4.72 Å². The molecule has 1 aromatic rings. The van der Waals surface area contributed by atoms with Crippen LogP contribution in [0.5, 0.6) is 0 Å². The number of hydrogen-bond donors (Lipinski definition) is 1. The molecule has 17 heavy (non-hydrogen) atoms. The number of halogens is 1. The van der Waals surface area contributed by atoms with Gasteiger partial charge in [-0.15, -0.1) is 11.6 Å². The van der Waals surface area contributed by atoms with E-state index < -0.39 is 10.0 Å². The first-order valence-corrected chi connectivity index (χ1v) is 7.74. The zero-order valence-electron chi connectivity index (χ0n) is 10.1. The van der Waals surface area contributed by atoms with Crippen LogP contribution in [0.2, 0.25) is 0 Å². The molecule has 0 aliphatic carbocycles. The summed E-state index contributed by atoms with van der Waals surface area (Å²) in [5, 5.41) is 0. The minimum Gasteiger partial charge on any atom is -0.212 e. The van der Waals surface area contributed by atoms with Crippen molar-refractivity contribution in [2.75, 3.05) is 11.6 Å². The number of benzene rings is 1. The molecule has 96 valence electrons. The molecule has 0 saturated carbocycles. The van der Waals surface area contributed by atoms with Gasteiger partial charge in [0.1, 0.15) is 0 Å². The molecule has 0 aliphatic rings. The van der Waals surface area contributed by atoms with Crippen molar-refractivity contribution in [2.24, 2.45) is 5.92 Å². The summed E-state index contributed by atoms with van der Waals surface area (Å²) >= 11 is 5.62. The molecule has 5 heteroatoms. The average Bonchev–Trinajstić information content (AvgIpc) is 2.28. The molecule has 1 unspecified atom stereocenters. The predicted molar refractivity (Wildman–Crippen MR) is 71.7 cm³/mol. The van der Waals surface area contributed by atoms with Crippen molar-refractivity contribution in [3.8, 4) is 0 Å². The maximum atomic E-state index is 11.8. The fourth-order valence-corrected chi connectivity index (χ4v) is 3.42. The second kappa shape index (κ2) is 6.38. The molecule has 1 aromatic carbocycles. The summed E-state index contributed by atoms with van der Waals surface area (Å²) in [6.07, 6.45) is 0. The van der Waals surface area contributed by atoms with Gasteiger partial charge < -0.3 is 0 Å². The molecule has 3 nitrogen and oxygen atoms in total. The Balaban J connectivity index is 2.65. The van der Waals surface area contributed by atoms with E-state index in [0.717, 1.165) is 5.56 Å². The first-order chi connectivity index (χ1) is 7.94. The van der Waals surface area contributed by atoms with Gasteiger partial charge in [0.25, 0.3) is 0 Å². The fourth-order valence-electron chi connectivity index (χ4n) is 1.55. The van der Waals surface area contributed by atoms with Crippen molar-refractivity contribution in [3.63, 3.8) is 0 Å². The van der Waals surface area contributed by atoms with E-state index in [2.05, 4.69) is 4.72 Å². The van der Waals surface area contributed by atoms with Gasteiger partial charge in [-0.25, -0.2) is 13.1 Å². The summed E-state index contributed by atoms with van der Waals surface area (Å²) in [7, 11) is -3.27. The fraction of sp³-hybridized carbons (Fsp3) is 0.500. The van der Waals surface area contributed by atoms with Gasteiger partial charge in [-0.2, -0.15) is 0 Å². The topological polar surface area (TPSA) is 46.2 Å². The number of hydrogen-bond acceptors (Lipinski definition) is 2. The van der Waals surface area contributed by atoms with Crippen molar-refractivity contribution < 1.29 is 8.42 Å². The molecular formula is C12H18ClNO2S. The lowest BCUT2D eigenvalue weighted by molar-refractivity contribution is 0.555. The Bertz CT molecular complexity index is 433. The molecule has 1 rings (SSSR count). The SMILES string of the molecule is CC(CCl)CS(=O)(=O)N[C@H](C)c1ccccc1. The van der Waals surface area contributed by atoms with Gasteiger partial charge in [0, 0.05) is 11.9 Å². The third-order valence-electron chi connectivity index (χ3n) is 2.42. The van der Waals surface area contributed by atoms with Crippen molar-refractivity contribution in [2.45, 2.75) is 19.9 Å². The smallest absolute Gasteiger partial charge is 0.212 e. The molecular weight excluding hydrogens is 258 g/mol. The van der Waals surface area contributed by atoms with E-state index in [0.29, 0.717) is 5.88 Å². The lowest BCUT2D eigenvalue weighted by Crippen LogP contribution is -2.31. The predicted octanol–water partition coefficient (Wildman–Crippen LogP) is 2.54. The molecule has 0 radical (unpaired) electrons. The highest BCUT2D eigenvalue weighted by molar-refractivity contribution is 7.89. The van der Waals surface area contributed by atoms with Gasteiger partial charge in [-0.1, -0.05) is 37.3 Å². The van der Waals surface area contributed by atoms with Crippen LogP contribution in [0.15, 0.2) is 30.3 Å². The third kappa shape index (κ3) is 5.06. The lowest BCUT2D eigenvalue weighted by Gasteiger charge is -2.16. The van der Waals surface area contributed by atoms with Gasteiger partial charge >= 0.3 is 0 Å². The van der Waals surface area contributed by atoms with Gasteiger partial charge in [0.05, 0.1) is 5.75 Å². The molecule has 0 amide bonds. The molecule has 0 heterocycles. The van der Waals surface area contributed by atoms with E-state index in [1.54, 1.807) is 0 Å². The summed E-state index contributed by atoms with van der Waals surface area (Å²) < 4.78 is 26.3. The number of alkyl halides is 1. The Labute approximate surface area is 108 Å². The Hall–Kier alpha value is -0.580. The van der Waals surface area contributed by atoms with Gasteiger partial charge in [-0.3, -0.25) is 0 Å². The molecule has 0 saturated heterocycles. The maximum Gasteiger partial charge on any atom is 0.212 e. The largest absolute Gasteiger partial charge is 0.212 e. The van der Waals surface area contributed by atoms with E-state index in [9.17, 15) is 8.42 Å². The zero-order valence-corrected chi connectivity index (χ0v) is 11.6. The Morgan fingerprint density at radius 2 is 1.82 bits per heavy atom. The van der Waals surface area contributed by atoms with E-state index >= 15 is 0 Å². The zero-order chi connectivity index (χ0) is 12.9.